The third-order valence-corrected chi connectivity index (χ3v) is 4.78. The molecule has 8 heteroatoms. The summed E-state index contributed by atoms with van der Waals surface area (Å²) in [6.07, 6.45) is 4.47. The lowest BCUT2D eigenvalue weighted by molar-refractivity contribution is -0.119. The van der Waals surface area contributed by atoms with Crippen molar-refractivity contribution in [1.29, 1.82) is 0 Å². The Balaban J connectivity index is 1.70. The highest BCUT2D eigenvalue weighted by Crippen LogP contribution is 2.29. The molecule has 2 amide bonds. The molecule has 0 bridgehead atoms. The molecule has 1 aliphatic heterocycles. The van der Waals surface area contributed by atoms with Crippen molar-refractivity contribution in [2.75, 3.05) is 18.4 Å². The highest BCUT2D eigenvalue weighted by molar-refractivity contribution is 7.13. The molecule has 0 fully saturated rings. The number of nitrogens with zero attached hydrogens (tertiary/aromatic N) is 2. The van der Waals surface area contributed by atoms with Gasteiger partial charge in [-0.25, -0.2) is 9.97 Å². The van der Waals surface area contributed by atoms with Crippen LogP contribution in [-0.2, 0) is 9.59 Å². The Kier molecular flexibility index (Phi) is 5.62. The molecule has 2 aromatic rings. The Labute approximate surface area is 155 Å². The van der Waals surface area contributed by atoms with Gasteiger partial charge in [-0.05, 0) is 25.5 Å². The number of hydrogen-bond donors (Lipinski definition) is 3. The fraction of sp³-hybridized carbons (Fsp3) is 0.333. The quantitative estimate of drug-likeness (QED) is 0.676. The number of rotatable bonds is 6. The van der Waals surface area contributed by atoms with Crippen LogP contribution in [0.5, 0.6) is 0 Å². The molecule has 136 valence electrons. The van der Waals surface area contributed by atoms with Gasteiger partial charge in [0, 0.05) is 43.2 Å². The van der Waals surface area contributed by atoms with E-state index in [2.05, 4.69) is 25.9 Å². The van der Waals surface area contributed by atoms with Crippen LogP contribution in [0.2, 0.25) is 0 Å². The summed E-state index contributed by atoms with van der Waals surface area (Å²) < 4.78 is 0. The molecule has 1 atom stereocenters. The highest BCUT2D eigenvalue weighted by atomic mass is 32.1. The van der Waals surface area contributed by atoms with Crippen LogP contribution < -0.4 is 16.0 Å². The van der Waals surface area contributed by atoms with Crippen LogP contribution in [0.15, 0.2) is 29.8 Å². The van der Waals surface area contributed by atoms with E-state index in [0.29, 0.717) is 30.2 Å². The molecule has 3 N–H and O–H groups in total. The zero-order chi connectivity index (χ0) is 18.5. The van der Waals surface area contributed by atoms with Gasteiger partial charge in [-0.15, -0.1) is 11.3 Å². The van der Waals surface area contributed by atoms with Gasteiger partial charge in [-0.3, -0.25) is 9.59 Å². The van der Waals surface area contributed by atoms with Gasteiger partial charge >= 0.3 is 0 Å². The van der Waals surface area contributed by atoms with E-state index in [4.69, 9.17) is 0 Å². The van der Waals surface area contributed by atoms with Crippen LogP contribution >= 0.6 is 11.3 Å². The second-order valence-corrected chi connectivity index (χ2v) is 6.96. The van der Waals surface area contributed by atoms with Crippen LogP contribution in [0.3, 0.4) is 0 Å². The Morgan fingerprint density at radius 3 is 3.04 bits per heavy atom. The molecule has 3 heterocycles. The van der Waals surface area contributed by atoms with Crippen molar-refractivity contribution in [1.82, 2.24) is 20.6 Å². The van der Waals surface area contributed by atoms with E-state index in [1.54, 1.807) is 6.20 Å². The summed E-state index contributed by atoms with van der Waals surface area (Å²) >= 11 is 1.50. The number of aromatic nitrogens is 2. The Hall–Kier alpha value is -2.74. The molecule has 26 heavy (non-hydrogen) atoms. The van der Waals surface area contributed by atoms with Gasteiger partial charge < -0.3 is 16.0 Å². The molecule has 3 rings (SSSR count). The van der Waals surface area contributed by atoms with E-state index in [1.807, 2.05) is 30.5 Å². The smallest absolute Gasteiger partial charge is 0.253 e. The second-order valence-electron chi connectivity index (χ2n) is 6.11. The van der Waals surface area contributed by atoms with Crippen molar-refractivity contribution in [3.63, 3.8) is 0 Å². The Morgan fingerprint density at radius 1 is 1.42 bits per heavy atom. The number of pyridine rings is 1. The van der Waals surface area contributed by atoms with Crippen LogP contribution in [0.1, 0.15) is 26.0 Å². The van der Waals surface area contributed by atoms with Gasteiger partial charge in [0.15, 0.2) is 0 Å². The number of carbonyl (C=O) groups excluding carboxylic acids is 2. The predicted molar refractivity (Wildman–Crippen MR) is 103 cm³/mol. The van der Waals surface area contributed by atoms with Crippen molar-refractivity contribution in [3.8, 4) is 10.6 Å². The van der Waals surface area contributed by atoms with Crippen molar-refractivity contribution < 1.29 is 9.59 Å². The number of amides is 2. The fourth-order valence-electron chi connectivity index (χ4n) is 2.59. The summed E-state index contributed by atoms with van der Waals surface area (Å²) in [4.78, 5) is 31.9. The van der Waals surface area contributed by atoms with Gasteiger partial charge in [-0.1, -0.05) is 6.08 Å². The first-order valence-corrected chi connectivity index (χ1v) is 9.32. The average Bonchev–Trinajstić information content (AvgIpc) is 3.09. The number of carbonyl (C=O) groups is 2. The number of hydrogen-bond acceptors (Lipinski definition) is 6. The molecule has 0 saturated heterocycles. The minimum Gasteiger partial charge on any atom is -0.368 e. The maximum atomic E-state index is 12.1. The zero-order valence-corrected chi connectivity index (χ0v) is 15.5. The SMILES string of the molecule is CC(=O)NCCNc1cc(-c2nc(C3=CCC(C)NC3=O)cs2)ccn1. The number of thiazole rings is 1. The zero-order valence-electron chi connectivity index (χ0n) is 14.7. The van der Waals surface area contributed by atoms with Crippen molar-refractivity contribution in [2.45, 2.75) is 26.3 Å². The average molecular weight is 371 g/mol. The standard InChI is InChI=1S/C18H21N5O2S/c1-11-3-4-14(17(25)22-11)15-10-26-18(23-15)13-5-6-20-16(9-13)21-8-7-19-12(2)24/h4-6,9-11H,3,7-8H2,1-2H3,(H,19,24)(H,20,21)(H,22,25). The number of nitrogens with one attached hydrogen (secondary N) is 3. The summed E-state index contributed by atoms with van der Waals surface area (Å²) in [5.74, 6) is 0.586. The first kappa shape index (κ1) is 18.1. The van der Waals surface area contributed by atoms with Crippen LogP contribution in [0, 0.1) is 0 Å². The molecular formula is C18H21N5O2S. The number of anilines is 1. The molecule has 2 aromatic heterocycles. The third-order valence-electron chi connectivity index (χ3n) is 3.89. The van der Waals surface area contributed by atoms with E-state index in [9.17, 15) is 9.59 Å². The molecule has 0 radical (unpaired) electrons. The van der Waals surface area contributed by atoms with Gasteiger partial charge in [0.25, 0.3) is 5.91 Å². The first-order valence-electron chi connectivity index (χ1n) is 8.44. The summed E-state index contributed by atoms with van der Waals surface area (Å²) in [6, 6.07) is 3.96. The van der Waals surface area contributed by atoms with Crippen LogP contribution in [-0.4, -0.2) is 40.9 Å². The maximum Gasteiger partial charge on any atom is 0.253 e. The molecule has 1 unspecified atom stereocenters. The summed E-state index contributed by atoms with van der Waals surface area (Å²) in [5.41, 5.74) is 2.27. The maximum absolute atomic E-state index is 12.1. The first-order chi connectivity index (χ1) is 12.5. The third kappa shape index (κ3) is 4.45. The molecule has 0 spiro atoms. The van der Waals surface area contributed by atoms with E-state index in [1.165, 1.54) is 18.3 Å². The van der Waals surface area contributed by atoms with Crippen molar-refractivity contribution in [3.05, 3.63) is 35.5 Å². The molecule has 0 saturated carbocycles. The van der Waals surface area contributed by atoms with E-state index in [0.717, 1.165) is 17.0 Å². The van der Waals surface area contributed by atoms with Gasteiger partial charge in [-0.2, -0.15) is 0 Å². The Bertz CT molecular complexity index is 846. The minimum absolute atomic E-state index is 0.0562. The van der Waals surface area contributed by atoms with Crippen molar-refractivity contribution >= 4 is 34.5 Å². The lowest BCUT2D eigenvalue weighted by Gasteiger charge is -2.18. The van der Waals surface area contributed by atoms with E-state index >= 15 is 0 Å². The van der Waals surface area contributed by atoms with Gasteiger partial charge in [0.05, 0.1) is 11.3 Å². The van der Waals surface area contributed by atoms with Crippen molar-refractivity contribution in [2.24, 2.45) is 0 Å². The largest absolute Gasteiger partial charge is 0.368 e. The highest BCUT2D eigenvalue weighted by Gasteiger charge is 2.21. The van der Waals surface area contributed by atoms with Crippen LogP contribution in [0.4, 0.5) is 5.82 Å². The molecular weight excluding hydrogens is 350 g/mol. The summed E-state index contributed by atoms with van der Waals surface area (Å²) in [7, 11) is 0. The predicted octanol–water partition coefficient (Wildman–Crippen LogP) is 2.04. The Morgan fingerprint density at radius 2 is 2.27 bits per heavy atom. The molecule has 1 aliphatic rings. The molecule has 0 aromatic carbocycles. The lowest BCUT2D eigenvalue weighted by atomic mass is 10.0. The lowest BCUT2D eigenvalue weighted by Crippen LogP contribution is -2.36. The van der Waals surface area contributed by atoms with Gasteiger partial charge in [0.1, 0.15) is 10.8 Å². The summed E-state index contributed by atoms with van der Waals surface area (Å²) in [6.45, 7) is 4.59. The fourth-order valence-corrected chi connectivity index (χ4v) is 3.41. The van der Waals surface area contributed by atoms with E-state index in [-0.39, 0.29) is 17.9 Å². The van der Waals surface area contributed by atoms with E-state index < -0.39 is 0 Å². The van der Waals surface area contributed by atoms with Gasteiger partial charge in [0.2, 0.25) is 5.91 Å². The van der Waals surface area contributed by atoms with Crippen LogP contribution in [0.25, 0.3) is 16.1 Å². The second kappa shape index (κ2) is 8.09. The topological polar surface area (TPSA) is 96.0 Å². The normalized spacial score (nSPS) is 16.6. The molecule has 7 nitrogen and oxygen atoms in total. The summed E-state index contributed by atoms with van der Waals surface area (Å²) in [5, 5.41) is 11.6. The monoisotopic (exact) mass is 371 g/mol. The minimum atomic E-state index is -0.0735. The molecule has 0 aliphatic carbocycles.